The van der Waals surface area contributed by atoms with Gasteiger partial charge in [-0.05, 0) is 19.1 Å². The monoisotopic (exact) mass is 311 g/mol. The van der Waals surface area contributed by atoms with Crippen molar-refractivity contribution in [3.8, 4) is 6.07 Å². The van der Waals surface area contributed by atoms with Crippen molar-refractivity contribution in [2.45, 2.75) is 13.5 Å². The number of rotatable bonds is 4. The molecule has 0 spiro atoms. The molecule has 3 aromatic rings. The van der Waals surface area contributed by atoms with Gasteiger partial charge in [0, 0.05) is 30.2 Å². The van der Waals surface area contributed by atoms with Crippen LogP contribution in [0.2, 0.25) is 5.15 Å². The van der Waals surface area contributed by atoms with Gasteiger partial charge in [-0.3, -0.25) is 0 Å². The van der Waals surface area contributed by atoms with Gasteiger partial charge in [0.15, 0.2) is 0 Å². The zero-order valence-electron chi connectivity index (χ0n) is 12.0. The minimum atomic E-state index is 0.409. The number of hydrogen-bond donors (Lipinski definition) is 1. The van der Waals surface area contributed by atoms with E-state index in [4.69, 9.17) is 11.6 Å². The maximum absolute atomic E-state index is 9.29. The Bertz CT molecular complexity index is 863. The smallest absolute Gasteiger partial charge is 0.134 e. The summed E-state index contributed by atoms with van der Waals surface area (Å²) in [5.41, 5.74) is 2.79. The average molecular weight is 312 g/mol. The Morgan fingerprint density at radius 1 is 1.32 bits per heavy atom. The number of aryl methyl sites for hydroxylation is 1. The van der Waals surface area contributed by atoms with Gasteiger partial charge in [-0.25, -0.2) is 9.97 Å². The van der Waals surface area contributed by atoms with Crippen molar-refractivity contribution in [2.24, 2.45) is 0 Å². The van der Waals surface area contributed by atoms with Gasteiger partial charge in [-0.2, -0.15) is 5.26 Å². The van der Waals surface area contributed by atoms with E-state index in [0.717, 1.165) is 23.1 Å². The van der Waals surface area contributed by atoms with Crippen LogP contribution in [0.4, 0.5) is 5.82 Å². The molecular weight excluding hydrogens is 298 g/mol. The van der Waals surface area contributed by atoms with Crippen molar-refractivity contribution in [3.63, 3.8) is 0 Å². The summed E-state index contributed by atoms with van der Waals surface area (Å²) in [6.45, 7) is 3.45. The lowest BCUT2D eigenvalue weighted by Crippen LogP contribution is -2.12. The Morgan fingerprint density at radius 2 is 2.18 bits per heavy atom. The van der Waals surface area contributed by atoms with Crippen LogP contribution in [0.1, 0.15) is 11.3 Å². The van der Waals surface area contributed by atoms with E-state index in [1.54, 1.807) is 6.07 Å². The van der Waals surface area contributed by atoms with E-state index >= 15 is 0 Å². The Balaban J connectivity index is 1.82. The first-order valence-corrected chi connectivity index (χ1v) is 7.27. The molecule has 0 radical (unpaired) electrons. The number of nitrogens with zero attached hydrogens (tertiary/aromatic N) is 4. The third-order valence-corrected chi connectivity index (χ3v) is 3.73. The SMILES string of the molecule is Cc1cc2cccc(C#N)c2n1CCNc1cc(Cl)ncn1. The highest BCUT2D eigenvalue weighted by Crippen LogP contribution is 2.23. The zero-order chi connectivity index (χ0) is 15.5. The van der Waals surface area contributed by atoms with E-state index in [1.807, 2.05) is 25.1 Å². The van der Waals surface area contributed by atoms with Crippen LogP contribution >= 0.6 is 11.6 Å². The number of aromatic nitrogens is 3. The second-order valence-corrected chi connectivity index (χ2v) is 5.33. The number of para-hydroxylation sites is 1. The van der Waals surface area contributed by atoms with E-state index in [2.05, 4.69) is 32.0 Å². The summed E-state index contributed by atoms with van der Waals surface area (Å²) in [6.07, 6.45) is 1.43. The molecule has 0 fully saturated rings. The molecule has 0 saturated carbocycles. The highest BCUT2D eigenvalue weighted by Gasteiger charge is 2.09. The normalized spacial score (nSPS) is 10.6. The second-order valence-electron chi connectivity index (χ2n) is 4.95. The lowest BCUT2D eigenvalue weighted by Gasteiger charge is -2.10. The van der Waals surface area contributed by atoms with Crippen LogP contribution in [-0.2, 0) is 6.54 Å². The Kier molecular flexibility index (Phi) is 3.94. The van der Waals surface area contributed by atoms with Crippen molar-refractivity contribution in [1.82, 2.24) is 14.5 Å². The molecule has 0 aliphatic rings. The quantitative estimate of drug-likeness (QED) is 0.750. The topological polar surface area (TPSA) is 66.5 Å². The number of anilines is 1. The predicted octanol–water partition coefficient (Wildman–Crippen LogP) is 3.38. The first kappa shape index (κ1) is 14.4. The Hall–Kier alpha value is -2.58. The van der Waals surface area contributed by atoms with Gasteiger partial charge in [0.05, 0.1) is 11.1 Å². The van der Waals surface area contributed by atoms with Gasteiger partial charge >= 0.3 is 0 Å². The van der Waals surface area contributed by atoms with Gasteiger partial charge in [-0.15, -0.1) is 0 Å². The number of nitrogens with one attached hydrogen (secondary N) is 1. The second kappa shape index (κ2) is 6.04. The first-order chi connectivity index (χ1) is 10.7. The van der Waals surface area contributed by atoms with Crippen molar-refractivity contribution in [2.75, 3.05) is 11.9 Å². The summed E-state index contributed by atoms with van der Waals surface area (Å²) in [5, 5.41) is 14.0. The standard InChI is InChI=1S/C16H14ClN5/c1-11-7-12-3-2-4-13(9-18)16(12)22(11)6-5-19-15-8-14(17)20-10-21-15/h2-4,7-8,10H,5-6H2,1H3,(H,19,20,21). The van der Waals surface area contributed by atoms with Gasteiger partial charge < -0.3 is 9.88 Å². The molecule has 1 aromatic carbocycles. The molecule has 5 nitrogen and oxygen atoms in total. The minimum absolute atomic E-state index is 0.409. The lowest BCUT2D eigenvalue weighted by atomic mass is 10.1. The summed E-state index contributed by atoms with van der Waals surface area (Å²) < 4.78 is 2.14. The zero-order valence-corrected chi connectivity index (χ0v) is 12.8. The molecule has 6 heteroatoms. The molecule has 0 aliphatic heterocycles. The largest absolute Gasteiger partial charge is 0.368 e. The van der Waals surface area contributed by atoms with Crippen LogP contribution in [0, 0.1) is 18.3 Å². The minimum Gasteiger partial charge on any atom is -0.368 e. The van der Waals surface area contributed by atoms with Gasteiger partial charge in [0.1, 0.15) is 23.4 Å². The third kappa shape index (κ3) is 2.74. The molecule has 110 valence electrons. The molecule has 0 amide bonds. The number of fused-ring (bicyclic) bond motifs is 1. The number of hydrogen-bond acceptors (Lipinski definition) is 4. The van der Waals surface area contributed by atoms with Crippen LogP contribution in [0.15, 0.2) is 36.7 Å². The molecule has 0 atom stereocenters. The van der Waals surface area contributed by atoms with E-state index in [-0.39, 0.29) is 0 Å². The molecule has 0 bridgehead atoms. The fraction of sp³-hybridized carbons (Fsp3) is 0.188. The highest BCUT2D eigenvalue weighted by atomic mass is 35.5. The van der Waals surface area contributed by atoms with Crippen LogP contribution in [-0.4, -0.2) is 21.1 Å². The maximum Gasteiger partial charge on any atom is 0.134 e. The van der Waals surface area contributed by atoms with Crippen molar-refractivity contribution in [3.05, 3.63) is 53.1 Å². The molecule has 0 aliphatic carbocycles. The van der Waals surface area contributed by atoms with Gasteiger partial charge in [0.2, 0.25) is 0 Å². The molecule has 3 rings (SSSR count). The van der Waals surface area contributed by atoms with Crippen LogP contribution in [0.25, 0.3) is 10.9 Å². The lowest BCUT2D eigenvalue weighted by molar-refractivity contribution is 0.732. The fourth-order valence-corrected chi connectivity index (χ4v) is 2.71. The van der Waals surface area contributed by atoms with E-state index in [9.17, 15) is 5.26 Å². The predicted molar refractivity (Wildman–Crippen MR) is 86.9 cm³/mol. The molecule has 2 heterocycles. The van der Waals surface area contributed by atoms with E-state index in [1.165, 1.54) is 6.33 Å². The molecular formula is C16H14ClN5. The van der Waals surface area contributed by atoms with Crippen LogP contribution in [0.3, 0.4) is 0 Å². The molecule has 0 saturated heterocycles. The number of halogens is 1. The maximum atomic E-state index is 9.29. The Labute approximate surface area is 133 Å². The van der Waals surface area contributed by atoms with Crippen LogP contribution in [0.5, 0.6) is 0 Å². The van der Waals surface area contributed by atoms with Crippen molar-refractivity contribution < 1.29 is 0 Å². The van der Waals surface area contributed by atoms with Crippen molar-refractivity contribution >= 4 is 28.3 Å². The fourth-order valence-electron chi connectivity index (χ4n) is 2.56. The molecule has 22 heavy (non-hydrogen) atoms. The average Bonchev–Trinajstić information content (AvgIpc) is 2.83. The molecule has 0 unspecified atom stereocenters. The van der Waals surface area contributed by atoms with E-state index < -0.39 is 0 Å². The first-order valence-electron chi connectivity index (χ1n) is 6.89. The van der Waals surface area contributed by atoms with E-state index in [0.29, 0.717) is 23.1 Å². The highest BCUT2D eigenvalue weighted by molar-refractivity contribution is 6.29. The summed E-state index contributed by atoms with van der Waals surface area (Å²) >= 11 is 5.83. The van der Waals surface area contributed by atoms with Gasteiger partial charge in [-0.1, -0.05) is 23.7 Å². The van der Waals surface area contributed by atoms with Gasteiger partial charge in [0.25, 0.3) is 0 Å². The number of nitriles is 1. The molecule has 2 aromatic heterocycles. The third-order valence-electron chi connectivity index (χ3n) is 3.52. The van der Waals surface area contributed by atoms with Crippen molar-refractivity contribution in [1.29, 1.82) is 5.26 Å². The number of benzene rings is 1. The Morgan fingerprint density at radius 3 is 2.95 bits per heavy atom. The summed E-state index contributed by atoms with van der Waals surface area (Å²) in [4.78, 5) is 7.96. The summed E-state index contributed by atoms with van der Waals surface area (Å²) in [7, 11) is 0. The summed E-state index contributed by atoms with van der Waals surface area (Å²) in [5.74, 6) is 0.689. The van der Waals surface area contributed by atoms with Crippen LogP contribution < -0.4 is 5.32 Å². The molecule has 1 N–H and O–H groups in total. The summed E-state index contributed by atoms with van der Waals surface area (Å²) in [6, 6.07) is 11.8.